The van der Waals surface area contributed by atoms with Crippen LogP contribution in [-0.2, 0) is 0 Å². The van der Waals surface area contributed by atoms with Gasteiger partial charge in [0.15, 0.2) is 5.69 Å². The third-order valence-corrected chi connectivity index (χ3v) is 1.87. The molecular weight excluding hydrogens is 182 g/mol. The van der Waals surface area contributed by atoms with Gasteiger partial charge >= 0.3 is 5.97 Å². The van der Waals surface area contributed by atoms with Crippen molar-refractivity contribution in [1.29, 1.82) is 0 Å². The molecule has 0 aliphatic heterocycles. The number of carboxylic acids is 1. The third-order valence-electron chi connectivity index (χ3n) is 1.87. The molecule has 0 bridgehead atoms. The molecule has 0 unspecified atom stereocenters. The molecule has 0 saturated carbocycles. The Morgan fingerprint density at radius 1 is 1.29 bits per heavy atom. The average molecular weight is 197 g/mol. The highest BCUT2D eigenvalue weighted by molar-refractivity contribution is 5.86. The lowest BCUT2D eigenvalue weighted by atomic mass is 10.1. The quantitative estimate of drug-likeness (QED) is 0.800. The predicted octanol–water partition coefficient (Wildman–Crippen LogP) is 1.68. The first-order chi connectivity index (χ1) is 6.43. The van der Waals surface area contributed by atoms with Crippen LogP contribution in [0.15, 0.2) is 0 Å². The van der Waals surface area contributed by atoms with Crippen LogP contribution in [0.3, 0.4) is 0 Å². The maximum Gasteiger partial charge on any atom is 0.358 e. The van der Waals surface area contributed by atoms with E-state index in [1.54, 1.807) is 0 Å². The first-order valence-electron chi connectivity index (χ1n) is 4.63. The van der Waals surface area contributed by atoms with Crippen molar-refractivity contribution < 1.29 is 9.90 Å². The smallest absolute Gasteiger partial charge is 0.358 e. The largest absolute Gasteiger partial charge is 0.476 e. The van der Waals surface area contributed by atoms with Gasteiger partial charge in [0.2, 0.25) is 0 Å². The first kappa shape index (κ1) is 10.7. The van der Waals surface area contributed by atoms with Crippen LogP contribution in [0.25, 0.3) is 0 Å². The first-order valence-corrected chi connectivity index (χ1v) is 4.63. The van der Waals surface area contributed by atoms with Crippen LogP contribution in [0.2, 0.25) is 0 Å². The van der Waals surface area contributed by atoms with Crippen molar-refractivity contribution in [3.63, 3.8) is 0 Å². The monoisotopic (exact) mass is 197 g/mol. The Hall–Kier alpha value is -1.39. The molecule has 0 aromatic carbocycles. The lowest BCUT2D eigenvalue weighted by Crippen LogP contribution is -2.06. The molecule has 0 aliphatic carbocycles. The van der Waals surface area contributed by atoms with Crippen LogP contribution < -0.4 is 0 Å². The molecule has 0 aliphatic rings. The van der Waals surface area contributed by atoms with E-state index in [4.69, 9.17) is 5.11 Å². The van der Waals surface area contributed by atoms with Gasteiger partial charge in [-0.3, -0.25) is 0 Å². The molecule has 5 nitrogen and oxygen atoms in total. The SMILES string of the molecule is CC(C)c1nn(C(C)C)nc1C(=O)O. The molecule has 78 valence electrons. The van der Waals surface area contributed by atoms with Crippen molar-refractivity contribution in [2.75, 3.05) is 0 Å². The summed E-state index contributed by atoms with van der Waals surface area (Å²) < 4.78 is 0. The van der Waals surface area contributed by atoms with Gasteiger partial charge in [0, 0.05) is 0 Å². The summed E-state index contributed by atoms with van der Waals surface area (Å²) in [5.74, 6) is -0.936. The minimum atomic E-state index is -1.01. The molecule has 5 heteroatoms. The van der Waals surface area contributed by atoms with E-state index in [-0.39, 0.29) is 17.7 Å². The zero-order valence-electron chi connectivity index (χ0n) is 8.85. The lowest BCUT2D eigenvalue weighted by molar-refractivity contribution is 0.0687. The Kier molecular flexibility index (Phi) is 2.88. The topological polar surface area (TPSA) is 68.0 Å². The van der Waals surface area contributed by atoms with Gasteiger partial charge in [-0.15, -0.1) is 5.10 Å². The van der Waals surface area contributed by atoms with Crippen LogP contribution in [0.5, 0.6) is 0 Å². The summed E-state index contributed by atoms with van der Waals surface area (Å²) in [5.41, 5.74) is 0.611. The Morgan fingerprint density at radius 2 is 1.86 bits per heavy atom. The van der Waals surface area contributed by atoms with Gasteiger partial charge in [0.25, 0.3) is 0 Å². The Balaban J connectivity index is 3.19. The molecule has 0 saturated heterocycles. The lowest BCUT2D eigenvalue weighted by Gasteiger charge is -2.01. The number of carboxylic acid groups (broad SMARTS) is 1. The number of carbonyl (C=O) groups is 1. The highest BCUT2D eigenvalue weighted by Gasteiger charge is 2.20. The fourth-order valence-corrected chi connectivity index (χ4v) is 1.11. The van der Waals surface area contributed by atoms with Gasteiger partial charge in [-0.2, -0.15) is 9.90 Å². The van der Waals surface area contributed by atoms with E-state index in [2.05, 4.69) is 10.2 Å². The van der Waals surface area contributed by atoms with Crippen LogP contribution in [-0.4, -0.2) is 26.1 Å². The number of nitrogens with zero attached hydrogens (tertiary/aromatic N) is 3. The Labute approximate surface area is 82.7 Å². The van der Waals surface area contributed by atoms with E-state index in [0.29, 0.717) is 5.69 Å². The van der Waals surface area contributed by atoms with Crippen molar-refractivity contribution >= 4 is 5.97 Å². The number of hydrogen-bond donors (Lipinski definition) is 1. The second-order valence-corrected chi connectivity index (χ2v) is 3.81. The average Bonchev–Trinajstić information content (AvgIpc) is 2.47. The van der Waals surface area contributed by atoms with Gasteiger partial charge < -0.3 is 5.11 Å². The zero-order chi connectivity index (χ0) is 10.9. The summed E-state index contributed by atoms with van der Waals surface area (Å²) in [5, 5.41) is 17.0. The number of rotatable bonds is 3. The summed E-state index contributed by atoms with van der Waals surface area (Å²) in [6.45, 7) is 7.63. The maximum absolute atomic E-state index is 10.8. The fraction of sp³-hybridized carbons (Fsp3) is 0.667. The van der Waals surface area contributed by atoms with Gasteiger partial charge in [-0.05, 0) is 19.8 Å². The summed E-state index contributed by atoms with van der Waals surface area (Å²) in [6, 6.07) is 0.0839. The predicted molar refractivity (Wildman–Crippen MR) is 51.5 cm³/mol. The van der Waals surface area contributed by atoms with Gasteiger partial charge in [0.05, 0.1) is 6.04 Å². The molecule has 0 spiro atoms. The van der Waals surface area contributed by atoms with Crippen molar-refractivity contribution in [1.82, 2.24) is 15.0 Å². The van der Waals surface area contributed by atoms with Gasteiger partial charge in [-0.1, -0.05) is 13.8 Å². The van der Waals surface area contributed by atoms with Crippen LogP contribution >= 0.6 is 0 Å². The molecule has 0 radical (unpaired) electrons. The molecule has 1 aromatic rings. The highest BCUT2D eigenvalue weighted by Crippen LogP contribution is 2.16. The Bertz CT molecular complexity index is 342. The van der Waals surface area contributed by atoms with Crippen molar-refractivity contribution in [3.8, 4) is 0 Å². The van der Waals surface area contributed by atoms with Crippen molar-refractivity contribution in [3.05, 3.63) is 11.4 Å². The van der Waals surface area contributed by atoms with Crippen LogP contribution in [0.1, 0.15) is 55.8 Å². The van der Waals surface area contributed by atoms with E-state index >= 15 is 0 Å². The second-order valence-electron chi connectivity index (χ2n) is 3.81. The fourth-order valence-electron chi connectivity index (χ4n) is 1.11. The van der Waals surface area contributed by atoms with Crippen molar-refractivity contribution in [2.45, 2.75) is 39.7 Å². The van der Waals surface area contributed by atoms with E-state index in [0.717, 1.165) is 0 Å². The molecule has 1 N–H and O–H groups in total. The van der Waals surface area contributed by atoms with Crippen molar-refractivity contribution in [2.24, 2.45) is 0 Å². The molecule has 0 atom stereocenters. The Morgan fingerprint density at radius 3 is 2.14 bits per heavy atom. The summed E-state index contributed by atoms with van der Waals surface area (Å²) >= 11 is 0. The molecule has 14 heavy (non-hydrogen) atoms. The molecule has 1 aromatic heterocycles. The third kappa shape index (κ3) is 1.92. The van der Waals surface area contributed by atoms with Crippen LogP contribution in [0, 0.1) is 0 Å². The molecule has 0 fully saturated rings. The molecular formula is C9H15N3O2. The maximum atomic E-state index is 10.8. The van der Waals surface area contributed by atoms with E-state index < -0.39 is 5.97 Å². The minimum Gasteiger partial charge on any atom is -0.476 e. The highest BCUT2D eigenvalue weighted by atomic mass is 16.4. The molecule has 1 rings (SSSR count). The standard InChI is InChI=1S/C9H15N3O2/c1-5(2)7-8(9(13)14)11-12(10-7)6(3)4/h5-6H,1-4H3,(H,13,14). The van der Waals surface area contributed by atoms with Gasteiger partial charge in [-0.25, -0.2) is 4.79 Å². The zero-order valence-corrected chi connectivity index (χ0v) is 8.85. The van der Waals surface area contributed by atoms with Gasteiger partial charge in [0.1, 0.15) is 5.69 Å². The summed E-state index contributed by atoms with van der Waals surface area (Å²) in [4.78, 5) is 12.3. The normalized spacial score (nSPS) is 11.3. The summed E-state index contributed by atoms with van der Waals surface area (Å²) in [6.07, 6.45) is 0. The van der Waals surface area contributed by atoms with E-state index in [9.17, 15) is 4.79 Å². The second kappa shape index (κ2) is 3.77. The molecule has 1 heterocycles. The van der Waals surface area contributed by atoms with E-state index in [1.807, 2.05) is 27.7 Å². The number of aromatic nitrogens is 3. The minimum absolute atomic E-state index is 0.0636. The summed E-state index contributed by atoms with van der Waals surface area (Å²) in [7, 11) is 0. The molecule has 0 amide bonds. The number of aromatic carboxylic acids is 1. The number of hydrogen-bond acceptors (Lipinski definition) is 3. The van der Waals surface area contributed by atoms with Crippen LogP contribution in [0.4, 0.5) is 0 Å². The van der Waals surface area contributed by atoms with E-state index in [1.165, 1.54) is 4.80 Å².